The maximum Gasteiger partial charge on any atom is 0.154 e. The first kappa shape index (κ1) is 18.6. The molecule has 0 saturated heterocycles. The predicted octanol–water partition coefficient (Wildman–Crippen LogP) is 0.580. The Balaban J connectivity index is 0. The minimum absolute atomic E-state index is 0. The number of nitrogens with zero attached hydrogens (tertiary/aromatic N) is 4. The summed E-state index contributed by atoms with van der Waals surface area (Å²) < 4.78 is 0. The van der Waals surface area contributed by atoms with Crippen molar-refractivity contribution >= 4 is 0 Å². The van der Waals surface area contributed by atoms with Crippen LogP contribution in [-0.2, 0) is 44.8 Å². The molecule has 0 aliphatic carbocycles. The van der Waals surface area contributed by atoms with Gasteiger partial charge in [-0.25, -0.2) is 0 Å². The summed E-state index contributed by atoms with van der Waals surface area (Å²) in [4.78, 5) is 0. The maximum absolute atomic E-state index is 9.48. The van der Waals surface area contributed by atoms with Crippen molar-refractivity contribution in [2.75, 3.05) is 0 Å². The average Bonchev–Trinajstić information content (AvgIpc) is 2.30. The minimum atomic E-state index is -0.768. The van der Waals surface area contributed by atoms with E-state index in [0.29, 0.717) is 0 Å². The van der Waals surface area contributed by atoms with E-state index in [4.69, 9.17) is 21.0 Å². The molecule has 0 aliphatic rings. The van der Waals surface area contributed by atoms with Crippen molar-refractivity contribution in [1.82, 2.24) is 0 Å². The van der Waals surface area contributed by atoms with E-state index in [0.717, 1.165) is 0 Å². The summed E-state index contributed by atoms with van der Waals surface area (Å²) >= 11 is 0. The summed E-state index contributed by atoms with van der Waals surface area (Å²) in [6.07, 6.45) is 0. The van der Waals surface area contributed by atoms with Crippen LogP contribution in [0.5, 0.6) is 11.5 Å². The number of nitriles is 4. The van der Waals surface area contributed by atoms with Crippen LogP contribution < -0.4 is 0 Å². The van der Waals surface area contributed by atoms with Gasteiger partial charge in [0.1, 0.15) is 46.5 Å². The molecule has 18 heavy (non-hydrogen) atoms. The van der Waals surface area contributed by atoms with Crippen molar-refractivity contribution in [3.8, 4) is 35.8 Å². The third-order valence-electron chi connectivity index (χ3n) is 1.89. The van der Waals surface area contributed by atoms with Gasteiger partial charge in [0.2, 0.25) is 0 Å². The van der Waals surface area contributed by atoms with Gasteiger partial charge in [0, 0.05) is 44.8 Å². The zero-order valence-corrected chi connectivity index (χ0v) is 11.3. The molecule has 0 spiro atoms. The van der Waals surface area contributed by atoms with E-state index < -0.39 is 33.8 Å². The molecule has 0 atom stereocenters. The van der Waals surface area contributed by atoms with Gasteiger partial charge in [-0.2, -0.15) is 21.0 Å². The van der Waals surface area contributed by atoms with Gasteiger partial charge >= 0.3 is 0 Å². The summed E-state index contributed by atoms with van der Waals surface area (Å²) in [7, 11) is 0. The van der Waals surface area contributed by atoms with Crippen molar-refractivity contribution in [3.05, 3.63) is 22.3 Å². The second kappa shape index (κ2) is 7.56. The zero-order chi connectivity index (χ0) is 12.3. The van der Waals surface area contributed by atoms with Crippen LogP contribution in [-0.4, -0.2) is 10.2 Å². The number of benzene rings is 1. The number of hydrogen-bond donors (Lipinski definition) is 2. The Labute approximate surface area is 133 Å². The Hall–Kier alpha value is -1.74. The topological polar surface area (TPSA) is 136 Å². The van der Waals surface area contributed by atoms with Crippen LogP contribution >= 0.6 is 0 Å². The summed E-state index contributed by atoms with van der Waals surface area (Å²) in [5.74, 6) is -1.54. The molecule has 0 saturated carbocycles. The molecule has 0 aromatic heterocycles. The van der Waals surface area contributed by atoms with Crippen LogP contribution in [0.2, 0.25) is 0 Å². The number of aromatic hydroxyl groups is 2. The molecule has 0 amide bonds. The van der Waals surface area contributed by atoms with E-state index in [1.165, 1.54) is 24.3 Å². The molecular weight excluding hydrogens is 424 g/mol. The van der Waals surface area contributed by atoms with E-state index in [2.05, 4.69) is 0 Å². The predicted molar refractivity (Wildman–Crippen MR) is 48.6 cm³/mol. The van der Waals surface area contributed by atoms with Crippen molar-refractivity contribution in [2.45, 2.75) is 0 Å². The summed E-state index contributed by atoms with van der Waals surface area (Å²) in [5, 5.41) is 53.7. The number of phenols is 2. The minimum Gasteiger partial charge on any atom is -0.505 e. The van der Waals surface area contributed by atoms with Gasteiger partial charge < -0.3 is 10.2 Å². The molecule has 1 rings (SSSR count). The van der Waals surface area contributed by atoms with Gasteiger partial charge in [-0.1, -0.05) is 0 Å². The number of rotatable bonds is 0. The van der Waals surface area contributed by atoms with Crippen molar-refractivity contribution in [1.29, 1.82) is 21.0 Å². The second-order valence-corrected chi connectivity index (χ2v) is 2.64. The third kappa shape index (κ3) is 2.74. The van der Waals surface area contributed by atoms with Crippen molar-refractivity contribution in [3.63, 3.8) is 0 Å². The normalized spacial score (nSPS) is 7.33. The molecule has 8 heteroatoms. The van der Waals surface area contributed by atoms with E-state index in [1.54, 1.807) is 0 Å². The van der Waals surface area contributed by atoms with Gasteiger partial charge in [0.15, 0.2) is 11.5 Å². The summed E-state index contributed by atoms with van der Waals surface area (Å²) in [6, 6.07) is 5.95. The van der Waals surface area contributed by atoms with Crippen LogP contribution in [0.4, 0.5) is 0 Å². The molecule has 0 fully saturated rings. The summed E-state index contributed by atoms with van der Waals surface area (Å²) in [5.41, 5.74) is -2.07. The Morgan fingerprint density at radius 3 is 0.833 bits per heavy atom. The molecule has 0 unspecified atom stereocenters. The SMILES string of the molecule is N#Cc1c(O)c(C#N)c(C#N)c(O)c1C#N.[Ag].[Ag]. The first-order valence-electron chi connectivity index (χ1n) is 3.84. The smallest absolute Gasteiger partial charge is 0.154 e. The van der Waals surface area contributed by atoms with E-state index in [9.17, 15) is 10.2 Å². The molecule has 2 N–H and O–H groups in total. The van der Waals surface area contributed by atoms with Gasteiger partial charge in [0.25, 0.3) is 0 Å². The van der Waals surface area contributed by atoms with Gasteiger partial charge in [0.05, 0.1) is 0 Å². The third-order valence-corrected chi connectivity index (χ3v) is 1.89. The quantitative estimate of drug-likeness (QED) is 0.461. The molecule has 6 nitrogen and oxygen atoms in total. The average molecular weight is 426 g/mol. The van der Waals surface area contributed by atoms with Crippen LogP contribution in [0, 0.1) is 45.3 Å². The molecule has 0 aliphatic heterocycles. The standard InChI is InChI=1S/C10H2N4O2.2Ag/c11-1-5-6(2-12)10(16)8(4-14)7(3-13)9(5)15;;/h15-16H;;. The molecule has 1 aromatic carbocycles. The first-order valence-corrected chi connectivity index (χ1v) is 3.84. The Morgan fingerprint density at radius 2 is 0.722 bits per heavy atom. The van der Waals surface area contributed by atoms with Crippen molar-refractivity contribution in [2.24, 2.45) is 0 Å². The number of hydrogen-bond acceptors (Lipinski definition) is 6. The Morgan fingerprint density at radius 1 is 0.556 bits per heavy atom. The first-order chi connectivity index (χ1) is 7.62. The van der Waals surface area contributed by atoms with Crippen LogP contribution in [0.15, 0.2) is 0 Å². The largest absolute Gasteiger partial charge is 0.505 e. The van der Waals surface area contributed by atoms with E-state index in [-0.39, 0.29) is 44.8 Å². The zero-order valence-electron chi connectivity index (χ0n) is 8.29. The molecule has 2 radical (unpaired) electrons. The Kier molecular flexibility index (Phi) is 7.82. The molecular formula is C10H2Ag2N4O2. The molecule has 0 bridgehead atoms. The maximum atomic E-state index is 9.48. The number of phenolic OH excluding ortho intramolecular Hbond substituents is 2. The monoisotopic (exact) mass is 424 g/mol. The van der Waals surface area contributed by atoms with Crippen LogP contribution in [0.25, 0.3) is 0 Å². The van der Waals surface area contributed by atoms with Gasteiger partial charge in [-0.15, -0.1) is 0 Å². The molecule has 96 valence electrons. The van der Waals surface area contributed by atoms with E-state index >= 15 is 0 Å². The second-order valence-electron chi connectivity index (χ2n) is 2.64. The summed E-state index contributed by atoms with van der Waals surface area (Å²) in [6.45, 7) is 0. The Bertz CT molecular complexity index is 534. The van der Waals surface area contributed by atoms with Crippen molar-refractivity contribution < 1.29 is 55.0 Å². The van der Waals surface area contributed by atoms with Gasteiger partial charge in [-0.05, 0) is 0 Å². The van der Waals surface area contributed by atoms with E-state index in [1.807, 2.05) is 0 Å². The van der Waals surface area contributed by atoms with Crippen LogP contribution in [0.1, 0.15) is 22.3 Å². The fourth-order valence-electron chi connectivity index (χ4n) is 1.16. The molecule has 0 heterocycles. The van der Waals surface area contributed by atoms with Crippen LogP contribution in [0.3, 0.4) is 0 Å². The molecule has 1 aromatic rings. The fourth-order valence-corrected chi connectivity index (χ4v) is 1.16. The van der Waals surface area contributed by atoms with Gasteiger partial charge in [-0.3, -0.25) is 0 Å². The fraction of sp³-hybridized carbons (Fsp3) is 0.